The summed E-state index contributed by atoms with van der Waals surface area (Å²) in [6.07, 6.45) is 1.45. The summed E-state index contributed by atoms with van der Waals surface area (Å²) in [4.78, 5) is 37.0. The summed E-state index contributed by atoms with van der Waals surface area (Å²) in [5.74, 6) is -2.47. The van der Waals surface area contributed by atoms with Crippen LogP contribution in [0.3, 0.4) is 0 Å². The first-order chi connectivity index (χ1) is 13.8. The van der Waals surface area contributed by atoms with E-state index in [1.165, 1.54) is 53.4 Å². The number of likely N-dealkylation sites (tertiary alicyclic amines) is 1. The van der Waals surface area contributed by atoms with E-state index in [0.717, 1.165) is 6.42 Å². The topological polar surface area (TPSA) is 101 Å². The van der Waals surface area contributed by atoms with E-state index in [1.54, 1.807) is 0 Å². The molecule has 1 aliphatic heterocycles. The van der Waals surface area contributed by atoms with E-state index in [4.69, 9.17) is 0 Å². The number of hydrogen-bond acceptors (Lipinski definition) is 5. The van der Waals surface area contributed by atoms with Gasteiger partial charge in [-0.2, -0.15) is 0 Å². The molecule has 0 bridgehead atoms. The van der Waals surface area contributed by atoms with Crippen molar-refractivity contribution in [2.45, 2.75) is 25.8 Å². The van der Waals surface area contributed by atoms with Gasteiger partial charge in [0.25, 0.3) is 17.4 Å². The molecule has 1 unspecified atom stereocenters. The fraction of sp³-hybridized carbons (Fsp3) is 0.238. The third-order valence-electron chi connectivity index (χ3n) is 4.83. The van der Waals surface area contributed by atoms with E-state index in [-0.39, 0.29) is 16.8 Å². The fourth-order valence-electron chi connectivity index (χ4n) is 3.33. The van der Waals surface area contributed by atoms with Crippen molar-refractivity contribution in [1.82, 2.24) is 4.90 Å². The van der Waals surface area contributed by atoms with Gasteiger partial charge in [0.2, 0.25) is 0 Å². The molecule has 1 amide bonds. The van der Waals surface area contributed by atoms with Crippen LogP contribution in [0.4, 0.5) is 10.1 Å². The molecule has 7 nitrogen and oxygen atoms in total. The van der Waals surface area contributed by atoms with Crippen molar-refractivity contribution in [3.63, 3.8) is 0 Å². The lowest BCUT2D eigenvalue weighted by Gasteiger charge is -2.25. The van der Waals surface area contributed by atoms with Crippen molar-refractivity contribution in [2.75, 3.05) is 6.54 Å². The highest BCUT2D eigenvalue weighted by molar-refractivity contribution is 6.46. The number of ketones is 1. The van der Waals surface area contributed by atoms with Crippen LogP contribution in [0.25, 0.3) is 5.76 Å². The maximum Gasteiger partial charge on any atom is 0.295 e. The smallest absolute Gasteiger partial charge is 0.295 e. The Morgan fingerprint density at radius 1 is 1.14 bits per heavy atom. The van der Waals surface area contributed by atoms with Gasteiger partial charge in [-0.25, -0.2) is 4.39 Å². The number of aliphatic hydroxyl groups is 1. The Morgan fingerprint density at radius 2 is 1.76 bits per heavy atom. The van der Waals surface area contributed by atoms with Gasteiger partial charge in [-0.1, -0.05) is 25.5 Å². The normalized spacial score (nSPS) is 18.3. The molecule has 1 aliphatic rings. The number of Topliss-reactive ketones (excluding diaryl/α,β-unsaturated/α-hetero) is 1. The van der Waals surface area contributed by atoms with Gasteiger partial charge >= 0.3 is 0 Å². The van der Waals surface area contributed by atoms with Crippen molar-refractivity contribution >= 4 is 23.1 Å². The number of nitro benzene ring substituents is 1. The van der Waals surface area contributed by atoms with Crippen molar-refractivity contribution < 1.29 is 24.0 Å². The minimum atomic E-state index is -0.864. The lowest BCUT2D eigenvalue weighted by Crippen LogP contribution is -2.30. The van der Waals surface area contributed by atoms with Crippen molar-refractivity contribution in [3.8, 4) is 0 Å². The first-order valence-corrected chi connectivity index (χ1v) is 9.13. The van der Waals surface area contributed by atoms with E-state index >= 15 is 0 Å². The highest BCUT2D eigenvalue weighted by Crippen LogP contribution is 2.39. The quantitative estimate of drug-likeness (QED) is 0.261. The monoisotopic (exact) mass is 398 g/mol. The second-order valence-corrected chi connectivity index (χ2v) is 6.70. The van der Waals surface area contributed by atoms with E-state index < -0.39 is 34.2 Å². The zero-order valence-electron chi connectivity index (χ0n) is 15.7. The molecule has 1 heterocycles. The summed E-state index contributed by atoms with van der Waals surface area (Å²) in [5.41, 5.74) is 0.382. The summed E-state index contributed by atoms with van der Waals surface area (Å²) in [7, 11) is 0. The van der Waals surface area contributed by atoms with E-state index in [0.29, 0.717) is 18.5 Å². The summed E-state index contributed by atoms with van der Waals surface area (Å²) >= 11 is 0. The van der Waals surface area contributed by atoms with Crippen LogP contribution < -0.4 is 0 Å². The van der Waals surface area contributed by atoms with Gasteiger partial charge < -0.3 is 10.0 Å². The zero-order valence-corrected chi connectivity index (χ0v) is 15.7. The maximum absolute atomic E-state index is 13.4. The van der Waals surface area contributed by atoms with Gasteiger partial charge in [0.15, 0.2) is 0 Å². The predicted octanol–water partition coefficient (Wildman–Crippen LogP) is 3.96. The molecule has 1 atom stereocenters. The fourth-order valence-corrected chi connectivity index (χ4v) is 3.33. The molecule has 150 valence electrons. The second-order valence-electron chi connectivity index (χ2n) is 6.70. The number of rotatable bonds is 6. The first-order valence-electron chi connectivity index (χ1n) is 9.13. The average Bonchev–Trinajstić information content (AvgIpc) is 2.97. The van der Waals surface area contributed by atoms with Crippen LogP contribution in [0.2, 0.25) is 0 Å². The zero-order chi connectivity index (χ0) is 21.1. The molecule has 0 aromatic heterocycles. The van der Waals surface area contributed by atoms with Crippen LogP contribution in [0.15, 0.2) is 54.1 Å². The first kappa shape index (κ1) is 20.2. The molecule has 2 aromatic carbocycles. The molecule has 0 saturated carbocycles. The number of nitro groups is 1. The van der Waals surface area contributed by atoms with Crippen LogP contribution >= 0.6 is 0 Å². The van der Waals surface area contributed by atoms with Gasteiger partial charge in [-0.05, 0) is 36.2 Å². The third kappa shape index (κ3) is 3.87. The number of carbonyl (C=O) groups is 2. The number of benzene rings is 2. The van der Waals surface area contributed by atoms with Crippen molar-refractivity contribution in [2.24, 2.45) is 0 Å². The van der Waals surface area contributed by atoms with E-state index in [1.807, 2.05) is 6.92 Å². The Balaban J connectivity index is 2.12. The van der Waals surface area contributed by atoms with Gasteiger partial charge in [0.1, 0.15) is 11.6 Å². The summed E-state index contributed by atoms with van der Waals surface area (Å²) < 4.78 is 13.4. The van der Waals surface area contributed by atoms with Gasteiger partial charge in [0.05, 0.1) is 16.5 Å². The summed E-state index contributed by atoms with van der Waals surface area (Å²) in [5, 5.41) is 21.6. The predicted molar refractivity (Wildman–Crippen MR) is 103 cm³/mol. The Hall–Kier alpha value is -3.55. The van der Waals surface area contributed by atoms with Gasteiger partial charge in [-0.3, -0.25) is 19.7 Å². The Morgan fingerprint density at radius 3 is 2.31 bits per heavy atom. The number of unbranched alkanes of at least 4 members (excludes halogenated alkanes) is 1. The maximum atomic E-state index is 13.4. The van der Waals surface area contributed by atoms with Gasteiger partial charge in [0, 0.05) is 24.2 Å². The largest absolute Gasteiger partial charge is 0.507 e. The molecule has 1 saturated heterocycles. The molecule has 3 rings (SSSR count). The molecular weight excluding hydrogens is 379 g/mol. The van der Waals surface area contributed by atoms with Crippen LogP contribution in [-0.2, 0) is 9.59 Å². The molecule has 8 heteroatoms. The highest BCUT2D eigenvalue weighted by atomic mass is 19.1. The second kappa shape index (κ2) is 8.22. The number of carbonyl (C=O) groups excluding carboxylic acids is 2. The van der Waals surface area contributed by atoms with E-state index in [2.05, 4.69) is 0 Å². The van der Waals surface area contributed by atoms with Gasteiger partial charge in [-0.15, -0.1) is 0 Å². The number of amides is 1. The van der Waals surface area contributed by atoms with Crippen LogP contribution in [0.1, 0.15) is 36.9 Å². The molecule has 0 radical (unpaired) electrons. The highest BCUT2D eigenvalue weighted by Gasteiger charge is 2.45. The third-order valence-corrected chi connectivity index (χ3v) is 4.83. The average molecular weight is 398 g/mol. The molecule has 1 N–H and O–H groups in total. The summed E-state index contributed by atoms with van der Waals surface area (Å²) in [6, 6.07) is 9.55. The number of hydrogen-bond donors (Lipinski definition) is 1. The van der Waals surface area contributed by atoms with Crippen molar-refractivity contribution in [3.05, 3.63) is 81.2 Å². The van der Waals surface area contributed by atoms with E-state index in [9.17, 15) is 29.2 Å². The number of halogens is 1. The van der Waals surface area contributed by atoms with Crippen molar-refractivity contribution in [1.29, 1.82) is 0 Å². The SMILES string of the molecule is CCCCN1C(=O)C(=O)/C(=C(\O)c2ccc([N+](=O)[O-])cc2)C1c1ccc(F)cc1. The Labute approximate surface area is 166 Å². The number of aliphatic hydroxyl groups excluding tert-OH is 1. The summed E-state index contributed by atoms with van der Waals surface area (Å²) in [6.45, 7) is 2.25. The molecule has 2 aromatic rings. The number of non-ortho nitro benzene ring substituents is 1. The Kier molecular flexibility index (Phi) is 5.72. The molecule has 29 heavy (non-hydrogen) atoms. The van der Waals surface area contributed by atoms with Crippen LogP contribution in [0, 0.1) is 15.9 Å². The molecule has 1 fully saturated rings. The van der Waals surface area contributed by atoms with Crippen LogP contribution in [0.5, 0.6) is 0 Å². The lowest BCUT2D eigenvalue weighted by atomic mass is 9.95. The minimum absolute atomic E-state index is 0.119. The Bertz CT molecular complexity index is 983. The number of nitrogens with zero attached hydrogens (tertiary/aromatic N) is 2. The molecule has 0 aliphatic carbocycles. The lowest BCUT2D eigenvalue weighted by molar-refractivity contribution is -0.384. The standard InChI is InChI=1S/C21H19FN2O5/c1-2-3-12-23-18(13-4-8-15(22)9-5-13)17(20(26)21(23)27)19(25)14-6-10-16(11-7-14)24(28)29/h4-11,18,25H,2-3,12H2,1H3/b19-17-. The van der Waals surface area contributed by atoms with Crippen LogP contribution in [-0.4, -0.2) is 33.2 Å². The minimum Gasteiger partial charge on any atom is -0.507 e. The molecular formula is C21H19FN2O5. The molecule has 0 spiro atoms.